The highest BCUT2D eigenvalue weighted by molar-refractivity contribution is 4.87. The van der Waals surface area contributed by atoms with Crippen LogP contribution in [0.5, 0.6) is 0 Å². The predicted molar refractivity (Wildman–Crippen MR) is 25.4 cm³/mol. The molecule has 36 valence electrons. The van der Waals surface area contributed by atoms with Gasteiger partial charge in [0.15, 0.2) is 0 Å². The quantitative estimate of drug-likeness (QED) is 0.429. The van der Waals surface area contributed by atoms with E-state index in [-0.39, 0.29) is 0 Å². The summed E-state index contributed by atoms with van der Waals surface area (Å²) in [6, 6.07) is 0. The molecule has 0 saturated carbocycles. The smallest absolute Gasteiger partial charge is 0.123 e. The number of halogens is 1. The Kier molecular flexibility index (Phi) is 1.34. The van der Waals surface area contributed by atoms with Crippen LogP contribution in [-0.2, 0) is 0 Å². The molecule has 0 nitrogen and oxygen atoms in total. The summed E-state index contributed by atoms with van der Waals surface area (Å²) in [7, 11) is 0. The third-order valence-electron chi connectivity index (χ3n) is 0.485. The monoisotopic (exact) mass is 88.1 g/mol. The van der Waals surface area contributed by atoms with E-state index in [9.17, 15) is 4.39 Å². The number of rotatable bonds is 1. The van der Waals surface area contributed by atoms with Crippen LogP contribution in [0.15, 0.2) is 12.7 Å². The van der Waals surface area contributed by atoms with Gasteiger partial charge in [-0.1, -0.05) is 12.7 Å². The van der Waals surface area contributed by atoms with Crippen molar-refractivity contribution in [2.45, 2.75) is 19.5 Å². The van der Waals surface area contributed by atoms with Crippen molar-refractivity contribution in [3.8, 4) is 0 Å². The SMILES string of the molecule is C=CC(C)(C)F. The maximum absolute atomic E-state index is 12.0. The third kappa shape index (κ3) is 3.67. The lowest BCUT2D eigenvalue weighted by Gasteiger charge is -2.02. The molecule has 0 aromatic rings. The normalized spacial score (nSPS) is 11.2. The Labute approximate surface area is 37.7 Å². The molecule has 0 heterocycles. The minimum atomic E-state index is -1.19. The maximum atomic E-state index is 12.0. The van der Waals surface area contributed by atoms with E-state index >= 15 is 0 Å². The summed E-state index contributed by atoms with van der Waals surface area (Å²) in [6.07, 6.45) is 1.27. The third-order valence-corrected chi connectivity index (χ3v) is 0.485. The van der Waals surface area contributed by atoms with Crippen LogP contribution in [0, 0.1) is 0 Å². The molecular weight excluding hydrogens is 79.1 g/mol. The van der Waals surface area contributed by atoms with Gasteiger partial charge in [0.2, 0.25) is 0 Å². The zero-order valence-electron chi connectivity index (χ0n) is 4.16. The Hall–Kier alpha value is -0.330. The summed E-state index contributed by atoms with van der Waals surface area (Å²) >= 11 is 0. The highest BCUT2D eigenvalue weighted by Gasteiger charge is 2.06. The minimum absolute atomic E-state index is 1.19. The summed E-state index contributed by atoms with van der Waals surface area (Å²) in [5.74, 6) is 0. The van der Waals surface area contributed by atoms with E-state index in [0.717, 1.165) is 0 Å². The number of allylic oxidation sites excluding steroid dienone is 1. The minimum Gasteiger partial charge on any atom is -0.240 e. The molecule has 0 saturated heterocycles. The van der Waals surface area contributed by atoms with Crippen molar-refractivity contribution in [2.24, 2.45) is 0 Å². The van der Waals surface area contributed by atoms with Gasteiger partial charge in [0.25, 0.3) is 0 Å². The zero-order valence-corrected chi connectivity index (χ0v) is 4.16. The van der Waals surface area contributed by atoms with E-state index in [1.807, 2.05) is 0 Å². The van der Waals surface area contributed by atoms with E-state index in [4.69, 9.17) is 0 Å². The Bertz CT molecular complexity index is 49.4. The number of hydrogen-bond donors (Lipinski definition) is 0. The molecule has 0 aromatic carbocycles. The van der Waals surface area contributed by atoms with Crippen LogP contribution in [0.4, 0.5) is 4.39 Å². The van der Waals surface area contributed by atoms with E-state index < -0.39 is 5.67 Å². The van der Waals surface area contributed by atoms with Crippen LogP contribution in [-0.4, -0.2) is 5.67 Å². The summed E-state index contributed by atoms with van der Waals surface area (Å²) in [4.78, 5) is 0. The van der Waals surface area contributed by atoms with Gasteiger partial charge in [-0.25, -0.2) is 4.39 Å². The first-order chi connectivity index (χ1) is 2.56. The largest absolute Gasteiger partial charge is 0.240 e. The molecular formula is C5H9F. The van der Waals surface area contributed by atoms with Gasteiger partial charge in [0.1, 0.15) is 5.67 Å². The molecule has 0 aliphatic carbocycles. The molecule has 0 aromatic heterocycles. The molecule has 0 unspecified atom stereocenters. The zero-order chi connectivity index (χ0) is 5.21. The summed E-state index contributed by atoms with van der Waals surface area (Å²) < 4.78 is 12.0. The average molecular weight is 88.1 g/mol. The molecule has 0 rings (SSSR count). The van der Waals surface area contributed by atoms with Crippen molar-refractivity contribution < 1.29 is 4.39 Å². The van der Waals surface area contributed by atoms with E-state index in [0.29, 0.717) is 0 Å². The first-order valence-electron chi connectivity index (χ1n) is 1.89. The Morgan fingerprint density at radius 3 is 1.83 bits per heavy atom. The average Bonchev–Trinajstić information content (AvgIpc) is 1.35. The molecule has 0 spiro atoms. The Balaban J connectivity index is 3.45. The number of alkyl halides is 1. The lowest BCUT2D eigenvalue weighted by atomic mass is 10.2. The highest BCUT2D eigenvalue weighted by atomic mass is 19.1. The van der Waals surface area contributed by atoms with Crippen molar-refractivity contribution >= 4 is 0 Å². The standard InChI is InChI=1S/C5H9F/c1-4-5(2,3)6/h4H,1H2,2-3H3. The molecule has 0 amide bonds. The summed E-state index contributed by atoms with van der Waals surface area (Å²) in [5, 5.41) is 0. The molecule has 0 aliphatic heterocycles. The van der Waals surface area contributed by atoms with Crippen molar-refractivity contribution in [2.75, 3.05) is 0 Å². The van der Waals surface area contributed by atoms with Crippen molar-refractivity contribution in [1.82, 2.24) is 0 Å². The van der Waals surface area contributed by atoms with Crippen molar-refractivity contribution in [1.29, 1.82) is 0 Å². The molecule has 0 bridgehead atoms. The second-order valence-electron chi connectivity index (χ2n) is 1.77. The van der Waals surface area contributed by atoms with Crippen LogP contribution in [0.3, 0.4) is 0 Å². The van der Waals surface area contributed by atoms with Crippen LogP contribution in [0.25, 0.3) is 0 Å². The lowest BCUT2D eigenvalue weighted by Crippen LogP contribution is -2.04. The second kappa shape index (κ2) is 1.41. The fourth-order valence-corrected chi connectivity index (χ4v) is 0. The molecule has 0 aliphatic rings. The molecule has 1 heteroatoms. The molecule has 0 N–H and O–H groups in total. The van der Waals surface area contributed by atoms with E-state index in [2.05, 4.69) is 6.58 Å². The first kappa shape index (κ1) is 5.67. The lowest BCUT2D eigenvalue weighted by molar-refractivity contribution is 0.288. The van der Waals surface area contributed by atoms with Gasteiger partial charge < -0.3 is 0 Å². The van der Waals surface area contributed by atoms with Gasteiger partial charge >= 0.3 is 0 Å². The van der Waals surface area contributed by atoms with Crippen LogP contribution < -0.4 is 0 Å². The van der Waals surface area contributed by atoms with Gasteiger partial charge in [-0.2, -0.15) is 0 Å². The molecule has 6 heavy (non-hydrogen) atoms. The summed E-state index contributed by atoms with van der Waals surface area (Å²) in [5.41, 5.74) is -1.19. The van der Waals surface area contributed by atoms with Gasteiger partial charge in [0, 0.05) is 0 Å². The van der Waals surface area contributed by atoms with Crippen molar-refractivity contribution in [3.05, 3.63) is 12.7 Å². The van der Waals surface area contributed by atoms with Gasteiger partial charge in [-0.15, -0.1) is 0 Å². The van der Waals surface area contributed by atoms with Crippen LogP contribution in [0.2, 0.25) is 0 Å². The van der Waals surface area contributed by atoms with Crippen molar-refractivity contribution in [3.63, 3.8) is 0 Å². The summed E-state index contributed by atoms with van der Waals surface area (Å²) in [6.45, 7) is 6.17. The maximum Gasteiger partial charge on any atom is 0.123 e. The number of hydrogen-bond acceptors (Lipinski definition) is 0. The highest BCUT2D eigenvalue weighted by Crippen LogP contribution is 2.06. The molecule has 0 fully saturated rings. The van der Waals surface area contributed by atoms with Gasteiger partial charge in [-0.05, 0) is 13.8 Å². The Morgan fingerprint density at radius 1 is 1.67 bits per heavy atom. The topological polar surface area (TPSA) is 0 Å². The van der Waals surface area contributed by atoms with Gasteiger partial charge in [0.05, 0.1) is 0 Å². The predicted octanol–water partition coefficient (Wildman–Crippen LogP) is 1.92. The van der Waals surface area contributed by atoms with E-state index in [1.165, 1.54) is 19.9 Å². The fourth-order valence-electron chi connectivity index (χ4n) is 0. The fraction of sp³-hybridized carbons (Fsp3) is 0.600. The van der Waals surface area contributed by atoms with Crippen LogP contribution >= 0.6 is 0 Å². The van der Waals surface area contributed by atoms with E-state index in [1.54, 1.807) is 0 Å². The Morgan fingerprint density at radius 2 is 1.83 bits per heavy atom. The van der Waals surface area contributed by atoms with Gasteiger partial charge in [-0.3, -0.25) is 0 Å². The first-order valence-corrected chi connectivity index (χ1v) is 1.89. The van der Waals surface area contributed by atoms with Crippen LogP contribution in [0.1, 0.15) is 13.8 Å². The molecule has 0 atom stereocenters. The molecule has 0 radical (unpaired) electrons. The second-order valence-corrected chi connectivity index (χ2v) is 1.77.